The molecule has 16 heavy (non-hydrogen) atoms. The van der Waals surface area contributed by atoms with E-state index in [-0.39, 0.29) is 5.78 Å². The summed E-state index contributed by atoms with van der Waals surface area (Å²) in [5, 5.41) is 0. The fraction of sp³-hybridized carbons (Fsp3) is 0.231. The number of benzene rings is 1. The number of aromatic amines is 1. The zero-order valence-corrected chi connectivity index (χ0v) is 9.66. The molecule has 82 valence electrons. The summed E-state index contributed by atoms with van der Waals surface area (Å²) < 4.78 is 0. The van der Waals surface area contributed by atoms with Gasteiger partial charge in [-0.25, -0.2) is 4.98 Å². The number of aryl methyl sites for hydroxylation is 1. The van der Waals surface area contributed by atoms with Gasteiger partial charge in [0.1, 0.15) is 0 Å². The standard InChI is InChI=1S/C13H14N2O/c1-8-4-5-11(10(3)9(8)2)12(16)13-14-6-7-15-13/h4-7H,1-3H3,(H,14,15). The number of nitrogens with one attached hydrogen (secondary N) is 1. The molecule has 1 aromatic heterocycles. The van der Waals surface area contributed by atoms with E-state index in [1.165, 1.54) is 5.56 Å². The summed E-state index contributed by atoms with van der Waals surface area (Å²) in [6.45, 7) is 6.05. The number of nitrogens with zero attached hydrogens (tertiary/aromatic N) is 1. The first-order chi connectivity index (χ1) is 7.61. The van der Waals surface area contributed by atoms with E-state index in [0.29, 0.717) is 5.82 Å². The van der Waals surface area contributed by atoms with Crippen LogP contribution in [0.15, 0.2) is 24.5 Å². The molecule has 0 bridgehead atoms. The second kappa shape index (κ2) is 3.93. The highest BCUT2D eigenvalue weighted by Crippen LogP contribution is 2.18. The van der Waals surface area contributed by atoms with E-state index in [1.807, 2.05) is 32.9 Å². The number of hydrogen-bond acceptors (Lipinski definition) is 2. The number of aromatic nitrogens is 2. The summed E-state index contributed by atoms with van der Waals surface area (Å²) in [5.41, 5.74) is 4.12. The topological polar surface area (TPSA) is 45.8 Å². The fourth-order valence-corrected chi connectivity index (χ4v) is 1.72. The van der Waals surface area contributed by atoms with Crippen LogP contribution in [0, 0.1) is 20.8 Å². The average Bonchev–Trinajstić information content (AvgIpc) is 2.79. The molecule has 0 saturated carbocycles. The second-order valence-electron chi connectivity index (χ2n) is 3.95. The number of H-pyrrole nitrogens is 1. The third-order valence-corrected chi connectivity index (χ3v) is 3.02. The summed E-state index contributed by atoms with van der Waals surface area (Å²) in [6, 6.07) is 3.83. The van der Waals surface area contributed by atoms with Crippen molar-refractivity contribution in [3.8, 4) is 0 Å². The van der Waals surface area contributed by atoms with Crippen LogP contribution in [0.2, 0.25) is 0 Å². The molecule has 1 heterocycles. The molecule has 0 atom stereocenters. The van der Waals surface area contributed by atoms with Crippen molar-refractivity contribution in [3.05, 3.63) is 52.6 Å². The lowest BCUT2D eigenvalue weighted by atomic mass is 9.96. The molecular weight excluding hydrogens is 200 g/mol. The van der Waals surface area contributed by atoms with Crippen LogP contribution in [0.25, 0.3) is 0 Å². The van der Waals surface area contributed by atoms with Crippen molar-refractivity contribution < 1.29 is 4.79 Å². The van der Waals surface area contributed by atoms with Gasteiger partial charge < -0.3 is 4.98 Å². The summed E-state index contributed by atoms with van der Waals surface area (Å²) in [6.07, 6.45) is 3.24. The quantitative estimate of drug-likeness (QED) is 0.781. The van der Waals surface area contributed by atoms with Crippen LogP contribution in [0.4, 0.5) is 0 Å². The number of hydrogen-bond donors (Lipinski definition) is 1. The van der Waals surface area contributed by atoms with Crippen molar-refractivity contribution >= 4 is 5.78 Å². The van der Waals surface area contributed by atoms with E-state index < -0.39 is 0 Å². The van der Waals surface area contributed by atoms with Crippen LogP contribution < -0.4 is 0 Å². The molecule has 1 aromatic carbocycles. The molecule has 0 unspecified atom stereocenters. The van der Waals surface area contributed by atoms with Gasteiger partial charge in [-0.2, -0.15) is 0 Å². The molecule has 0 spiro atoms. The fourth-order valence-electron chi connectivity index (χ4n) is 1.72. The third-order valence-electron chi connectivity index (χ3n) is 3.02. The maximum absolute atomic E-state index is 12.1. The number of carbonyl (C=O) groups excluding carboxylic acids is 1. The van der Waals surface area contributed by atoms with E-state index in [4.69, 9.17) is 0 Å². The molecule has 0 aliphatic heterocycles. The largest absolute Gasteiger partial charge is 0.342 e. The van der Waals surface area contributed by atoms with Gasteiger partial charge in [-0.1, -0.05) is 12.1 Å². The Labute approximate surface area is 94.5 Å². The Bertz CT molecular complexity index is 527. The lowest BCUT2D eigenvalue weighted by Crippen LogP contribution is -2.07. The number of imidazole rings is 1. The zero-order valence-electron chi connectivity index (χ0n) is 9.66. The van der Waals surface area contributed by atoms with Crippen molar-refractivity contribution in [2.24, 2.45) is 0 Å². The maximum atomic E-state index is 12.1. The predicted molar refractivity (Wildman–Crippen MR) is 62.7 cm³/mol. The molecule has 1 N–H and O–H groups in total. The van der Waals surface area contributed by atoms with E-state index in [2.05, 4.69) is 9.97 Å². The zero-order chi connectivity index (χ0) is 11.7. The third kappa shape index (κ3) is 1.65. The van der Waals surface area contributed by atoms with Crippen LogP contribution in [0.3, 0.4) is 0 Å². The van der Waals surface area contributed by atoms with Gasteiger partial charge in [-0.05, 0) is 37.5 Å². The minimum absolute atomic E-state index is 0.0504. The summed E-state index contributed by atoms with van der Waals surface area (Å²) >= 11 is 0. The SMILES string of the molecule is Cc1ccc(C(=O)c2ncc[nH]2)c(C)c1C. The highest BCUT2D eigenvalue weighted by molar-refractivity contribution is 6.07. The number of rotatable bonds is 2. The molecule has 2 aromatic rings. The molecule has 0 radical (unpaired) electrons. The van der Waals surface area contributed by atoms with Crippen LogP contribution in [0.5, 0.6) is 0 Å². The predicted octanol–water partition coefficient (Wildman–Crippen LogP) is 2.57. The molecule has 0 saturated heterocycles. The van der Waals surface area contributed by atoms with E-state index in [1.54, 1.807) is 12.4 Å². The van der Waals surface area contributed by atoms with Gasteiger partial charge >= 0.3 is 0 Å². The highest BCUT2D eigenvalue weighted by Gasteiger charge is 2.15. The lowest BCUT2D eigenvalue weighted by Gasteiger charge is -2.09. The van der Waals surface area contributed by atoms with Gasteiger partial charge in [-0.15, -0.1) is 0 Å². The van der Waals surface area contributed by atoms with Gasteiger partial charge in [0.25, 0.3) is 0 Å². The second-order valence-corrected chi connectivity index (χ2v) is 3.95. The summed E-state index contributed by atoms with van der Waals surface area (Å²) in [7, 11) is 0. The molecule has 3 nitrogen and oxygen atoms in total. The Morgan fingerprint density at radius 3 is 2.56 bits per heavy atom. The lowest BCUT2D eigenvalue weighted by molar-refractivity contribution is 0.102. The summed E-state index contributed by atoms with van der Waals surface area (Å²) in [4.78, 5) is 18.9. The van der Waals surface area contributed by atoms with Crippen molar-refractivity contribution in [1.29, 1.82) is 0 Å². The van der Waals surface area contributed by atoms with Crippen LogP contribution in [0.1, 0.15) is 32.9 Å². The molecule has 0 fully saturated rings. The maximum Gasteiger partial charge on any atom is 0.228 e. The van der Waals surface area contributed by atoms with Crippen LogP contribution in [-0.2, 0) is 0 Å². The first-order valence-corrected chi connectivity index (χ1v) is 5.22. The van der Waals surface area contributed by atoms with E-state index >= 15 is 0 Å². The van der Waals surface area contributed by atoms with Crippen LogP contribution >= 0.6 is 0 Å². The minimum Gasteiger partial charge on any atom is -0.342 e. The summed E-state index contributed by atoms with van der Waals surface area (Å²) in [5.74, 6) is 0.344. The monoisotopic (exact) mass is 214 g/mol. The molecule has 0 aliphatic rings. The molecule has 2 rings (SSSR count). The molecule has 0 aliphatic carbocycles. The van der Waals surface area contributed by atoms with Crippen molar-refractivity contribution in [3.63, 3.8) is 0 Å². The van der Waals surface area contributed by atoms with E-state index in [9.17, 15) is 4.79 Å². The Morgan fingerprint density at radius 2 is 1.94 bits per heavy atom. The Hall–Kier alpha value is -1.90. The van der Waals surface area contributed by atoms with E-state index in [0.717, 1.165) is 16.7 Å². The van der Waals surface area contributed by atoms with Crippen LogP contribution in [-0.4, -0.2) is 15.8 Å². The van der Waals surface area contributed by atoms with Gasteiger partial charge in [0.15, 0.2) is 5.82 Å². The highest BCUT2D eigenvalue weighted by atomic mass is 16.1. The smallest absolute Gasteiger partial charge is 0.228 e. The van der Waals surface area contributed by atoms with Crippen molar-refractivity contribution in [2.45, 2.75) is 20.8 Å². The first kappa shape index (κ1) is 10.6. The number of carbonyl (C=O) groups is 1. The molecular formula is C13H14N2O. The minimum atomic E-state index is -0.0504. The van der Waals surface area contributed by atoms with Crippen molar-refractivity contribution in [1.82, 2.24) is 9.97 Å². The van der Waals surface area contributed by atoms with Gasteiger partial charge in [0.05, 0.1) is 0 Å². The Kier molecular flexibility index (Phi) is 2.60. The normalized spacial score (nSPS) is 10.4. The molecule has 0 amide bonds. The molecule has 3 heteroatoms. The average molecular weight is 214 g/mol. The van der Waals surface area contributed by atoms with Gasteiger partial charge in [0.2, 0.25) is 5.78 Å². The van der Waals surface area contributed by atoms with Crippen molar-refractivity contribution in [2.75, 3.05) is 0 Å². The number of ketones is 1. The van der Waals surface area contributed by atoms with Gasteiger partial charge in [0, 0.05) is 18.0 Å². The Morgan fingerprint density at radius 1 is 1.19 bits per heavy atom. The first-order valence-electron chi connectivity index (χ1n) is 5.22. The Balaban J connectivity index is 2.50. The van der Waals surface area contributed by atoms with Gasteiger partial charge in [-0.3, -0.25) is 4.79 Å².